The molecule has 160 valence electrons. The van der Waals surface area contributed by atoms with Crippen molar-refractivity contribution in [2.45, 2.75) is 43.1 Å². The molecular formula is C22H26FN3O2S2. The van der Waals surface area contributed by atoms with Crippen molar-refractivity contribution in [1.82, 2.24) is 14.5 Å². The molecule has 0 saturated carbocycles. The zero-order valence-electron chi connectivity index (χ0n) is 17.1. The summed E-state index contributed by atoms with van der Waals surface area (Å²) in [5.74, 6) is 0.390. The number of nitrogens with zero attached hydrogens (tertiary/aromatic N) is 3. The molecular weight excluding hydrogens is 421 g/mol. The molecule has 1 aliphatic rings. The lowest BCUT2D eigenvalue weighted by atomic mass is 10.1. The number of thioether (sulfide) groups is 1. The van der Waals surface area contributed by atoms with Crippen molar-refractivity contribution in [2.75, 3.05) is 26.7 Å². The van der Waals surface area contributed by atoms with Gasteiger partial charge in [0.15, 0.2) is 16.7 Å². The molecule has 8 heteroatoms. The SMILES string of the molecule is COc1ccc(CSc2nc3ccsc3c(=O)n2CCCN2CCCCC2)cc1F. The lowest BCUT2D eigenvalue weighted by molar-refractivity contribution is 0.221. The molecule has 1 aromatic carbocycles. The maximum absolute atomic E-state index is 14.0. The summed E-state index contributed by atoms with van der Waals surface area (Å²) in [5.41, 5.74) is 1.59. The number of hydrogen-bond donors (Lipinski definition) is 0. The number of halogens is 1. The summed E-state index contributed by atoms with van der Waals surface area (Å²) < 4.78 is 21.5. The second-order valence-corrected chi connectivity index (χ2v) is 9.36. The molecule has 1 aliphatic heterocycles. The summed E-state index contributed by atoms with van der Waals surface area (Å²) in [7, 11) is 1.45. The van der Waals surface area contributed by atoms with Crippen LogP contribution in [-0.4, -0.2) is 41.2 Å². The monoisotopic (exact) mass is 447 g/mol. The van der Waals surface area contributed by atoms with E-state index in [9.17, 15) is 9.18 Å². The van der Waals surface area contributed by atoms with Crippen LogP contribution in [0.3, 0.4) is 0 Å². The standard InChI is InChI=1S/C22H26FN3O2S2/c1-28-19-7-6-16(14-17(19)23)15-30-22-24-18-8-13-29-20(18)21(27)26(22)12-5-11-25-9-3-2-4-10-25/h6-8,13-14H,2-5,9-12,15H2,1H3. The van der Waals surface area contributed by atoms with Gasteiger partial charge >= 0.3 is 0 Å². The van der Waals surface area contributed by atoms with Gasteiger partial charge in [-0.25, -0.2) is 9.37 Å². The van der Waals surface area contributed by atoms with Crippen LogP contribution in [-0.2, 0) is 12.3 Å². The Morgan fingerprint density at radius 3 is 2.80 bits per heavy atom. The Labute approximate surface area is 183 Å². The van der Waals surface area contributed by atoms with Crippen LogP contribution >= 0.6 is 23.1 Å². The fourth-order valence-electron chi connectivity index (χ4n) is 3.81. The number of aromatic nitrogens is 2. The van der Waals surface area contributed by atoms with E-state index in [1.807, 2.05) is 17.5 Å². The second kappa shape index (κ2) is 9.94. The highest BCUT2D eigenvalue weighted by Gasteiger charge is 2.15. The molecule has 0 bridgehead atoms. The zero-order chi connectivity index (χ0) is 20.9. The molecule has 0 aliphatic carbocycles. The summed E-state index contributed by atoms with van der Waals surface area (Å²) >= 11 is 2.92. The van der Waals surface area contributed by atoms with Gasteiger partial charge in [0, 0.05) is 12.3 Å². The second-order valence-electron chi connectivity index (χ2n) is 7.50. The minimum atomic E-state index is -0.379. The van der Waals surface area contributed by atoms with Gasteiger partial charge in [-0.05, 0) is 68.0 Å². The summed E-state index contributed by atoms with van der Waals surface area (Å²) in [6, 6.07) is 6.84. The molecule has 4 rings (SSSR count). The van der Waals surface area contributed by atoms with E-state index in [0.717, 1.165) is 37.1 Å². The highest BCUT2D eigenvalue weighted by atomic mass is 32.2. The smallest absolute Gasteiger partial charge is 0.272 e. The highest BCUT2D eigenvalue weighted by Crippen LogP contribution is 2.26. The topological polar surface area (TPSA) is 47.4 Å². The molecule has 30 heavy (non-hydrogen) atoms. The van der Waals surface area contributed by atoms with Crippen molar-refractivity contribution in [3.05, 3.63) is 51.4 Å². The van der Waals surface area contributed by atoms with E-state index < -0.39 is 0 Å². The zero-order valence-corrected chi connectivity index (χ0v) is 18.7. The van der Waals surface area contributed by atoms with Gasteiger partial charge in [0.05, 0.1) is 12.6 Å². The number of likely N-dealkylation sites (tertiary alicyclic amines) is 1. The third-order valence-corrected chi connectivity index (χ3v) is 7.36. The van der Waals surface area contributed by atoms with Crippen LogP contribution in [0.5, 0.6) is 5.75 Å². The normalized spacial score (nSPS) is 15.0. The van der Waals surface area contributed by atoms with Gasteiger partial charge in [-0.1, -0.05) is 24.2 Å². The molecule has 5 nitrogen and oxygen atoms in total. The lowest BCUT2D eigenvalue weighted by Crippen LogP contribution is -2.32. The number of rotatable bonds is 8. The Kier molecular flexibility index (Phi) is 7.07. The van der Waals surface area contributed by atoms with Crippen molar-refractivity contribution in [2.24, 2.45) is 0 Å². The Morgan fingerprint density at radius 1 is 1.20 bits per heavy atom. The summed E-state index contributed by atoms with van der Waals surface area (Å²) in [6.45, 7) is 3.96. The Balaban J connectivity index is 1.51. The van der Waals surface area contributed by atoms with E-state index in [0.29, 0.717) is 22.2 Å². The van der Waals surface area contributed by atoms with Gasteiger partial charge in [-0.15, -0.1) is 11.3 Å². The Bertz CT molecular complexity index is 1060. The Morgan fingerprint density at radius 2 is 2.03 bits per heavy atom. The maximum Gasteiger partial charge on any atom is 0.272 e. The molecule has 0 N–H and O–H groups in total. The largest absolute Gasteiger partial charge is 0.494 e. The summed E-state index contributed by atoms with van der Waals surface area (Å²) in [5, 5.41) is 2.60. The van der Waals surface area contributed by atoms with E-state index in [1.54, 1.807) is 10.6 Å². The maximum atomic E-state index is 14.0. The van der Waals surface area contributed by atoms with Crippen LogP contribution in [0.4, 0.5) is 4.39 Å². The summed E-state index contributed by atoms with van der Waals surface area (Å²) in [6.07, 6.45) is 4.77. The minimum absolute atomic E-state index is 0.0251. The fraction of sp³-hybridized carbons (Fsp3) is 0.455. The Hall–Kier alpha value is -1.90. The third kappa shape index (κ3) is 4.87. The highest BCUT2D eigenvalue weighted by molar-refractivity contribution is 7.98. The molecule has 0 amide bonds. The third-order valence-electron chi connectivity index (χ3n) is 5.42. The van der Waals surface area contributed by atoms with Gasteiger partial charge in [0.25, 0.3) is 5.56 Å². The number of piperidine rings is 1. The van der Waals surface area contributed by atoms with Crippen LogP contribution < -0.4 is 10.3 Å². The molecule has 0 unspecified atom stereocenters. The molecule has 3 heterocycles. The van der Waals surface area contributed by atoms with E-state index in [1.165, 1.54) is 55.5 Å². The fourth-order valence-corrected chi connectivity index (χ4v) is 5.56. The van der Waals surface area contributed by atoms with Gasteiger partial charge in [0.1, 0.15) is 4.70 Å². The van der Waals surface area contributed by atoms with Gasteiger partial charge in [0.2, 0.25) is 0 Å². The molecule has 1 fully saturated rings. The number of hydrogen-bond acceptors (Lipinski definition) is 6. The first-order valence-corrected chi connectivity index (χ1v) is 12.2. The summed E-state index contributed by atoms with van der Waals surface area (Å²) in [4.78, 5) is 20.3. The molecule has 0 atom stereocenters. The average molecular weight is 448 g/mol. The predicted octanol–water partition coefficient (Wildman–Crippen LogP) is 4.77. The van der Waals surface area contributed by atoms with E-state index in [2.05, 4.69) is 4.90 Å². The molecule has 2 aromatic heterocycles. The van der Waals surface area contributed by atoms with Gasteiger partial charge < -0.3 is 9.64 Å². The van der Waals surface area contributed by atoms with E-state index >= 15 is 0 Å². The van der Waals surface area contributed by atoms with Crippen LogP contribution in [0, 0.1) is 5.82 Å². The van der Waals surface area contributed by atoms with Crippen molar-refractivity contribution < 1.29 is 9.13 Å². The lowest BCUT2D eigenvalue weighted by Gasteiger charge is -2.26. The van der Waals surface area contributed by atoms with Gasteiger partial charge in [-0.3, -0.25) is 9.36 Å². The molecule has 1 saturated heterocycles. The van der Waals surface area contributed by atoms with E-state index in [4.69, 9.17) is 9.72 Å². The van der Waals surface area contributed by atoms with Crippen molar-refractivity contribution in [3.8, 4) is 5.75 Å². The van der Waals surface area contributed by atoms with Crippen LogP contribution in [0.1, 0.15) is 31.2 Å². The number of fused-ring (bicyclic) bond motifs is 1. The van der Waals surface area contributed by atoms with Crippen molar-refractivity contribution in [3.63, 3.8) is 0 Å². The van der Waals surface area contributed by atoms with Crippen LogP contribution in [0.15, 0.2) is 39.6 Å². The van der Waals surface area contributed by atoms with Crippen molar-refractivity contribution in [1.29, 1.82) is 0 Å². The number of methoxy groups -OCH3 is 1. The first kappa shape index (κ1) is 21.3. The molecule has 0 radical (unpaired) electrons. The first-order valence-electron chi connectivity index (χ1n) is 10.3. The number of thiophene rings is 1. The van der Waals surface area contributed by atoms with Gasteiger partial charge in [-0.2, -0.15) is 0 Å². The number of benzene rings is 1. The first-order chi connectivity index (χ1) is 14.7. The average Bonchev–Trinajstić information content (AvgIpc) is 3.24. The quantitative estimate of drug-likeness (QED) is 0.368. The van der Waals surface area contributed by atoms with Crippen molar-refractivity contribution >= 4 is 33.3 Å². The minimum Gasteiger partial charge on any atom is -0.494 e. The predicted molar refractivity (Wildman–Crippen MR) is 121 cm³/mol. The van der Waals surface area contributed by atoms with E-state index in [-0.39, 0.29) is 17.1 Å². The molecule has 0 spiro atoms. The number of ether oxygens (including phenoxy) is 1. The molecule has 3 aromatic rings. The van der Waals surface area contributed by atoms with Crippen LogP contribution in [0.25, 0.3) is 10.2 Å². The van der Waals surface area contributed by atoms with Crippen LogP contribution in [0.2, 0.25) is 0 Å².